The van der Waals surface area contributed by atoms with Crippen LogP contribution in [-0.2, 0) is 14.1 Å². The van der Waals surface area contributed by atoms with E-state index in [-0.39, 0.29) is 0 Å². The maximum Gasteiger partial charge on any atom is 0.0477 e. The molecule has 2 heterocycles. The summed E-state index contributed by atoms with van der Waals surface area (Å²) in [6, 6.07) is 64.9. The number of benzene rings is 6. The highest BCUT2D eigenvalue weighted by Crippen LogP contribution is 2.39. The topological polar surface area (TPSA) is 16.3 Å². The van der Waals surface area contributed by atoms with E-state index in [0.717, 1.165) is 34.1 Å². The molecule has 0 saturated carbocycles. The Morgan fingerprint density at radius 1 is 0.280 bits per heavy atom. The molecule has 0 saturated heterocycles. The van der Waals surface area contributed by atoms with Crippen LogP contribution in [0.1, 0.15) is 0 Å². The molecular weight excluding hydrogens is 609 g/mol. The monoisotopic (exact) mass is 646 g/mol. The van der Waals surface area contributed by atoms with Crippen LogP contribution in [0.15, 0.2) is 194 Å². The molecule has 0 aliphatic rings. The van der Waals surface area contributed by atoms with Crippen molar-refractivity contribution < 1.29 is 0 Å². The highest BCUT2D eigenvalue weighted by Gasteiger charge is 2.15. The molecule has 4 heteroatoms. The summed E-state index contributed by atoms with van der Waals surface area (Å²) in [5.74, 6) is 0. The summed E-state index contributed by atoms with van der Waals surface area (Å²) in [6.07, 6.45) is 4.16. The van der Waals surface area contributed by atoms with Crippen molar-refractivity contribution in [2.24, 2.45) is 14.1 Å². The molecule has 0 unspecified atom stereocenters. The van der Waals surface area contributed by atoms with E-state index >= 15 is 0 Å². The van der Waals surface area contributed by atoms with Gasteiger partial charge in [-0.2, -0.15) is 0 Å². The van der Waals surface area contributed by atoms with Crippen molar-refractivity contribution >= 4 is 34.1 Å². The second-order valence-corrected chi connectivity index (χ2v) is 12.5. The number of rotatable bonds is 9. The van der Waals surface area contributed by atoms with Crippen LogP contribution in [-0.4, -0.2) is 9.13 Å². The van der Waals surface area contributed by atoms with Gasteiger partial charge in [0.25, 0.3) is 0 Å². The summed E-state index contributed by atoms with van der Waals surface area (Å²) < 4.78 is 4.30. The molecule has 0 amide bonds. The van der Waals surface area contributed by atoms with E-state index in [1.54, 1.807) is 0 Å². The van der Waals surface area contributed by atoms with Crippen LogP contribution in [0.5, 0.6) is 0 Å². The summed E-state index contributed by atoms with van der Waals surface area (Å²) in [7, 11) is 4.16. The number of anilines is 6. The molecule has 0 N–H and O–H groups in total. The fourth-order valence-corrected chi connectivity index (χ4v) is 6.74. The molecular formula is C46H38N4. The molecule has 0 fully saturated rings. The van der Waals surface area contributed by atoms with Crippen LogP contribution in [0.4, 0.5) is 34.1 Å². The fraction of sp³-hybridized carbons (Fsp3) is 0.0435. The Labute approximate surface area is 294 Å². The lowest BCUT2D eigenvalue weighted by Crippen LogP contribution is -2.10. The second kappa shape index (κ2) is 13.5. The molecule has 4 nitrogen and oxygen atoms in total. The van der Waals surface area contributed by atoms with Crippen LogP contribution < -0.4 is 9.80 Å². The molecule has 8 rings (SSSR count). The zero-order chi connectivity index (χ0) is 33.9. The Morgan fingerprint density at radius 3 is 0.840 bits per heavy atom. The molecule has 0 atom stereocenters. The van der Waals surface area contributed by atoms with Crippen LogP contribution in [0, 0.1) is 0 Å². The van der Waals surface area contributed by atoms with E-state index in [1.165, 1.54) is 33.6 Å². The summed E-state index contributed by atoms with van der Waals surface area (Å²) in [6.45, 7) is 0. The van der Waals surface area contributed by atoms with Gasteiger partial charge in [0.2, 0.25) is 0 Å². The second-order valence-electron chi connectivity index (χ2n) is 12.5. The minimum absolute atomic E-state index is 1.11. The maximum atomic E-state index is 2.31. The van der Waals surface area contributed by atoms with Crippen molar-refractivity contribution in [3.05, 3.63) is 194 Å². The van der Waals surface area contributed by atoms with E-state index in [2.05, 4.69) is 227 Å². The average molecular weight is 647 g/mol. The van der Waals surface area contributed by atoms with Gasteiger partial charge in [0, 0.05) is 72.0 Å². The molecule has 8 aromatic rings. The third kappa shape index (κ3) is 6.11. The van der Waals surface area contributed by atoms with E-state index in [4.69, 9.17) is 0 Å². The lowest BCUT2D eigenvalue weighted by molar-refractivity contribution is 0.937. The third-order valence-corrected chi connectivity index (χ3v) is 9.34. The molecule has 0 spiro atoms. The Balaban J connectivity index is 1.08. The van der Waals surface area contributed by atoms with Crippen molar-refractivity contribution in [2.45, 2.75) is 0 Å². The largest absolute Gasteiger partial charge is 0.351 e. The van der Waals surface area contributed by atoms with Gasteiger partial charge < -0.3 is 18.9 Å². The van der Waals surface area contributed by atoms with Gasteiger partial charge >= 0.3 is 0 Å². The number of aromatic nitrogens is 2. The van der Waals surface area contributed by atoms with E-state index < -0.39 is 0 Å². The summed E-state index contributed by atoms with van der Waals surface area (Å²) in [5, 5.41) is 0. The van der Waals surface area contributed by atoms with Gasteiger partial charge in [0.1, 0.15) is 0 Å². The normalized spacial score (nSPS) is 11.0. The molecule has 0 aliphatic carbocycles. The summed E-state index contributed by atoms with van der Waals surface area (Å²) in [5.41, 5.74) is 13.8. The van der Waals surface area contributed by atoms with Crippen molar-refractivity contribution in [2.75, 3.05) is 9.80 Å². The first kappa shape index (κ1) is 30.8. The number of hydrogen-bond donors (Lipinski definition) is 0. The first-order valence-corrected chi connectivity index (χ1v) is 17.0. The van der Waals surface area contributed by atoms with Crippen LogP contribution >= 0.6 is 0 Å². The smallest absolute Gasteiger partial charge is 0.0477 e. The lowest BCUT2D eigenvalue weighted by Gasteiger charge is -2.26. The Bertz CT molecular complexity index is 2130. The predicted octanol–water partition coefficient (Wildman–Crippen LogP) is 12.3. The summed E-state index contributed by atoms with van der Waals surface area (Å²) in [4.78, 5) is 4.62. The SMILES string of the molecule is Cn1cccc1-c1ccc(N(c2ccccc2)c2ccc(-c3ccc(N(c4ccccc4)c4ccc(-c5cccn5C)cc4)cc3)cc2)cc1. The zero-order valence-electron chi connectivity index (χ0n) is 28.3. The first-order chi connectivity index (χ1) is 24.6. The highest BCUT2D eigenvalue weighted by molar-refractivity contribution is 5.82. The minimum atomic E-state index is 1.11. The Kier molecular flexibility index (Phi) is 8.34. The standard InChI is InChI=1S/C46H38N4/c1-47-33-9-15-45(47)37-21-29-43(30-22-37)49(39-11-5-3-6-12-39)41-25-17-35(18-26-41)36-19-27-42(28-20-36)50(40-13-7-4-8-14-40)44-31-23-38(24-32-44)46-16-10-34-48(46)2/h3-34H,1-2H3. The number of nitrogens with zero attached hydrogens (tertiary/aromatic N) is 4. The molecule has 0 bridgehead atoms. The first-order valence-electron chi connectivity index (χ1n) is 17.0. The van der Waals surface area contributed by atoms with Gasteiger partial charge in [-0.25, -0.2) is 0 Å². The van der Waals surface area contributed by atoms with Gasteiger partial charge in [-0.15, -0.1) is 0 Å². The van der Waals surface area contributed by atoms with Gasteiger partial charge in [0.05, 0.1) is 0 Å². The van der Waals surface area contributed by atoms with E-state index in [0.29, 0.717) is 0 Å². The van der Waals surface area contributed by atoms with Crippen molar-refractivity contribution in [1.82, 2.24) is 9.13 Å². The fourth-order valence-electron chi connectivity index (χ4n) is 6.74. The minimum Gasteiger partial charge on any atom is -0.351 e. The summed E-state index contributed by atoms with van der Waals surface area (Å²) >= 11 is 0. The molecule has 6 aromatic carbocycles. The van der Waals surface area contributed by atoms with Crippen LogP contribution in [0.25, 0.3) is 33.6 Å². The average Bonchev–Trinajstić information content (AvgIpc) is 3.81. The van der Waals surface area contributed by atoms with Gasteiger partial charge in [-0.05, 0) is 119 Å². The number of hydrogen-bond acceptors (Lipinski definition) is 2. The zero-order valence-corrected chi connectivity index (χ0v) is 28.3. The quantitative estimate of drug-likeness (QED) is 0.155. The van der Waals surface area contributed by atoms with Crippen LogP contribution in [0.2, 0.25) is 0 Å². The van der Waals surface area contributed by atoms with Gasteiger partial charge in [-0.1, -0.05) is 84.9 Å². The highest BCUT2D eigenvalue weighted by atomic mass is 15.1. The van der Waals surface area contributed by atoms with Gasteiger partial charge in [0.15, 0.2) is 0 Å². The van der Waals surface area contributed by atoms with Crippen molar-refractivity contribution in [3.63, 3.8) is 0 Å². The third-order valence-electron chi connectivity index (χ3n) is 9.34. The Hall–Kier alpha value is -6.52. The molecule has 242 valence electrons. The van der Waals surface area contributed by atoms with Crippen LogP contribution in [0.3, 0.4) is 0 Å². The van der Waals surface area contributed by atoms with Gasteiger partial charge in [-0.3, -0.25) is 0 Å². The maximum absolute atomic E-state index is 2.31. The van der Waals surface area contributed by atoms with E-state index in [9.17, 15) is 0 Å². The molecule has 50 heavy (non-hydrogen) atoms. The van der Waals surface area contributed by atoms with Crippen molar-refractivity contribution in [3.8, 4) is 33.6 Å². The molecule has 0 aliphatic heterocycles. The number of aryl methyl sites for hydroxylation is 2. The molecule has 0 radical (unpaired) electrons. The predicted molar refractivity (Wildman–Crippen MR) is 210 cm³/mol. The lowest BCUT2D eigenvalue weighted by atomic mass is 10.0. The molecule has 2 aromatic heterocycles. The van der Waals surface area contributed by atoms with E-state index in [1.807, 2.05) is 0 Å². The number of para-hydroxylation sites is 2. The van der Waals surface area contributed by atoms with Crippen molar-refractivity contribution in [1.29, 1.82) is 0 Å². The Morgan fingerprint density at radius 2 is 0.560 bits per heavy atom.